The van der Waals surface area contributed by atoms with Crippen LogP contribution in [0.5, 0.6) is 11.5 Å². The minimum absolute atomic E-state index is 0.300. The van der Waals surface area contributed by atoms with E-state index in [-0.39, 0.29) is 5.82 Å². The third-order valence-corrected chi connectivity index (χ3v) is 9.91. The molecule has 4 aromatic rings. The van der Waals surface area contributed by atoms with Crippen molar-refractivity contribution in [3.8, 4) is 33.9 Å². The van der Waals surface area contributed by atoms with Crippen molar-refractivity contribution in [3.63, 3.8) is 0 Å². The third-order valence-electron chi connectivity index (χ3n) is 8.24. The normalized spacial score (nSPS) is 18.3. The molecule has 6 rings (SSSR count). The van der Waals surface area contributed by atoms with E-state index in [0.29, 0.717) is 66.0 Å². The molecule has 0 radical (unpaired) electrons. The van der Waals surface area contributed by atoms with Gasteiger partial charge < -0.3 is 14.2 Å². The van der Waals surface area contributed by atoms with Crippen molar-refractivity contribution in [1.82, 2.24) is 19.8 Å². The largest absolute Gasteiger partial charge is 0.493 e. The van der Waals surface area contributed by atoms with Gasteiger partial charge in [0.1, 0.15) is 5.82 Å². The second-order valence-electron chi connectivity index (χ2n) is 11.2. The van der Waals surface area contributed by atoms with Gasteiger partial charge in [0.25, 0.3) is 0 Å². The zero-order valence-corrected chi connectivity index (χ0v) is 25.8. The van der Waals surface area contributed by atoms with Gasteiger partial charge in [-0.25, -0.2) is 9.37 Å². The van der Waals surface area contributed by atoms with Crippen molar-refractivity contribution < 1.29 is 27.7 Å². The van der Waals surface area contributed by atoms with Gasteiger partial charge in [-0.15, -0.1) is 0 Å². The van der Waals surface area contributed by atoms with Gasteiger partial charge in [0.05, 0.1) is 61.4 Å². The van der Waals surface area contributed by atoms with Crippen molar-refractivity contribution in [3.05, 3.63) is 72.2 Å². The lowest BCUT2D eigenvalue weighted by Gasteiger charge is -2.41. The van der Waals surface area contributed by atoms with Crippen LogP contribution in [-0.2, 0) is 11.3 Å². The Morgan fingerprint density at radius 1 is 0.932 bits per heavy atom. The molecule has 3 heterocycles. The van der Waals surface area contributed by atoms with Crippen molar-refractivity contribution >= 4 is 21.6 Å². The van der Waals surface area contributed by atoms with E-state index in [4.69, 9.17) is 19.2 Å². The molecule has 0 bridgehead atoms. The molecular formula is C33H39FN4O5S. The molecule has 9 nitrogen and oxygen atoms in total. The summed E-state index contributed by atoms with van der Waals surface area (Å²) in [5.74, 6) is 1.68. The third kappa shape index (κ3) is 7.31. The van der Waals surface area contributed by atoms with Gasteiger partial charge in [0, 0.05) is 56.0 Å². The molecule has 0 aliphatic carbocycles. The van der Waals surface area contributed by atoms with Gasteiger partial charge in [-0.05, 0) is 42.3 Å². The van der Waals surface area contributed by atoms with Crippen LogP contribution in [0, 0.1) is 5.82 Å². The standard InChI is InChI=1S/C33H39FN4O5S/c1-41-32-21-25(8-9-31(32)43-15-3-10-37-11-16-42-17-12-37)30-22-35-29-5-2-4-27(33(29)36-30)24-6-7-26(28(34)20-24)23-38-13-18-44(39,40)19-14-38/h2,4-9,20-22,39-40H,3,10-19,23H2,1H3. The van der Waals surface area contributed by atoms with Crippen LogP contribution in [0.2, 0.25) is 0 Å². The minimum atomic E-state index is -2.49. The highest BCUT2D eigenvalue weighted by Crippen LogP contribution is 2.40. The summed E-state index contributed by atoms with van der Waals surface area (Å²) < 4.78 is 52.2. The van der Waals surface area contributed by atoms with E-state index in [9.17, 15) is 9.11 Å². The molecule has 0 atom stereocenters. The Kier molecular flexibility index (Phi) is 9.60. The van der Waals surface area contributed by atoms with E-state index in [0.717, 1.165) is 61.5 Å². The summed E-state index contributed by atoms with van der Waals surface area (Å²) in [6.45, 7) is 6.57. The topological polar surface area (TPSA) is 100 Å². The maximum atomic E-state index is 15.3. The first-order valence-electron chi connectivity index (χ1n) is 15.0. The van der Waals surface area contributed by atoms with Crippen LogP contribution in [0.15, 0.2) is 60.8 Å². The molecule has 11 heteroatoms. The first-order valence-corrected chi connectivity index (χ1v) is 16.9. The lowest BCUT2D eigenvalue weighted by atomic mass is 10.0. The molecular weight excluding hydrogens is 583 g/mol. The SMILES string of the molecule is COc1cc(-c2cnc3cccc(-c4ccc(CN5CCS(O)(O)CC5)c(F)c4)c3n2)ccc1OCCCN1CCOCC1. The Labute approximate surface area is 258 Å². The molecule has 0 unspecified atom stereocenters. The second kappa shape index (κ2) is 13.8. The summed E-state index contributed by atoms with van der Waals surface area (Å²) in [6, 6.07) is 16.7. The smallest absolute Gasteiger partial charge is 0.161 e. The van der Waals surface area contributed by atoms with E-state index >= 15 is 4.39 Å². The van der Waals surface area contributed by atoms with Gasteiger partial charge in [0.15, 0.2) is 11.5 Å². The van der Waals surface area contributed by atoms with Crippen molar-refractivity contribution in [2.24, 2.45) is 0 Å². The molecule has 2 saturated heterocycles. The zero-order valence-electron chi connectivity index (χ0n) is 25.0. The fraction of sp³-hybridized carbons (Fsp3) is 0.394. The molecule has 2 aliphatic rings. The molecule has 1 aromatic heterocycles. The summed E-state index contributed by atoms with van der Waals surface area (Å²) in [5.41, 5.74) is 5.00. The monoisotopic (exact) mass is 622 g/mol. The number of benzene rings is 3. The molecule has 2 fully saturated rings. The minimum Gasteiger partial charge on any atom is -0.493 e. The van der Waals surface area contributed by atoms with E-state index in [1.807, 2.05) is 42.5 Å². The van der Waals surface area contributed by atoms with Crippen molar-refractivity contribution in [2.45, 2.75) is 13.0 Å². The van der Waals surface area contributed by atoms with Crippen molar-refractivity contribution in [2.75, 3.05) is 71.2 Å². The maximum Gasteiger partial charge on any atom is 0.161 e. The first-order chi connectivity index (χ1) is 21.4. The van der Waals surface area contributed by atoms with E-state index in [1.54, 1.807) is 25.4 Å². The molecule has 0 spiro atoms. The van der Waals surface area contributed by atoms with Gasteiger partial charge in [0.2, 0.25) is 0 Å². The Morgan fingerprint density at radius 2 is 1.73 bits per heavy atom. The predicted molar refractivity (Wildman–Crippen MR) is 172 cm³/mol. The fourth-order valence-corrected chi connectivity index (χ4v) is 6.96. The molecule has 0 amide bonds. The van der Waals surface area contributed by atoms with Crippen molar-refractivity contribution in [1.29, 1.82) is 0 Å². The highest BCUT2D eigenvalue weighted by molar-refractivity contribution is 8.24. The molecule has 234 valence electrons. The van der Waals surface area contributed by atoms with E-state index in [2.05, 4.69) is 14.8 Å². The summed E-state index contributed by atoms with van der Waals surface area (Å²) in [4.78, 5) is 14.1. The summed E-state index contributed by atoms with van der Waals surface area (Å²) >= 11 is 0. The number of fused-ring (bicyclic) bond motifs is 1. The number of morpholine rings is 1. The number of aromatic nitrogens is 2. The lowest BCUT2D eigenvalue weighted by Crippen LogP contribution is -2.37. The summed E-state index contributed by atoms with van der Waals surface area (Å²) in [6.07, 6.45) is 2.65. The Bertz CT molecular complexity index is 1590. The number of nitrogens with zero attached hydrogens (tertiary/aromatic N) is 4. The Balaban J connectivity index is 1.18. The molecule has 2 N–H and O–H groups in total. The number of halogens is 1. The predicted octanol–water partition coefficient (Wildman–Crippen LogP) is 5.78. The van der Waals surface area contributed by atoms with Crippen LogP contribution in [0.3, 0.4) is 0 Å². The van der Waals surface area contributed by atoms with Crippen LogP contribution in [0.25, 0.3) is 33.4 Å². The van der Waals surface area contributed by atoms with Crippen LogP contribution >= 0.6 is 10.6 Å². The molecule has 44 heavy (non-hydrogen) atoms. The first kappa shape index (κ1) is 30.7. The van der Waals surface area contributed by atoms with Crippen LogP contribution in [0.1, 0.15) is 12.0 Å². The zero-order chi connectivity index (χ0) is 30.5. The number of ether oxygens (including phenoxy) is 3. The molecule has 2 aliphatic heterocycles. The van der Waals surface area contributed by atoms with E-state index < -0.39 is 10.6 Å². The lowest BCUT2D eigenvalue weighted by molar-refractivity contribution is 0.0357. The Hall–Kier alpha value is -3.32. The second-order valence-corrected chi connectivity index (χ2v) is 13.7. The Morgan fingerprint density at radius 3 is 2.50 bits per heavy atom. The highest BCUT2D eigenvalue weighted by atomic mass is 32.3. The maximum absolute atomic E-state index is 15.3. The molecule has 0 saturated carbocycles. The number of hydrogen-bond acceptors (Lipinski definition) is 9. The number of hydrogen-bond donors (Lipinski definition) is 2. The average Bonchev–Trinajstić information content (AvgIpc) is 3.05. The number of methoxy groups -OCH3 is 1. The van der Waals surface area contributed by atoms with E-state index in [1.165, 1.54) is 0 Å². The van der Waals surface area contributed by atoms with Crippen LogP contribution in [0.4, 0.5) is 4.39 Å². The fourth-order valence-electron chi connectivity index (χ4n) is 5.65. The van der Waals surface area contributed by atoms with Gasteiger partial charge in [-0.2, -0.15) is 10.6 Å². The van der Waals surface area contributed by atoms with Crippen LogP contribution < -0.4 is 9.47 Å². The summed E-state index contributed by atoms with van der Waals surface area (Å²) in [7, 11) is -0.861. The number of para-hydroxylation sites is 1. The average molecular weight is 623 g/mol. The van der Waals surface area contributed by atoms with Gasteiger partial charge in [-0.1, -0.05) is 24.3 Å². The van der Waals surface area contributed by atoms with Crippen LogP contribution in [-0.4, -0.2) is 100 Å². The quantitative estimate of drug-likeness (QED) is 0.213. The molecule has 3 aromatic carbocycles. The number of rotatable bonds is 10. The highest BCUT2D eigenvalue weighted by Gasteiger charge is 2.23. The van der Waals surface area contributed by atoms with Gasteiger partial charge in [-0.3, -0.25) is 23.9 Å². The van der Waals surface area contributed by atoms with Gasteiger partial charge >= 0.3 is 0 Å². The summed E-state index contributed by atoms with van der Waals surface area (Å²) in [5, 5.41) is 0.